The lowest BCUT2D eigenvalue weighted by molar-refractivity contribution is 0.414. The standard InChI is InChI=1S/C25H22O/c1-26-22-14-17-24-21(18-22)13-16-25(24)23(20-10-6-3-7-11-20)15-12-19-8-4-2-5-9-19/h2-12,14-18,23H,13H2,1H3/b15-12+. The van der Waals surface area contributed by atoms with Crippen molar-refractivity contribution in [2.24, 2.45) is 0 Å². The number of fused-ring (bicyclic) bond motifs is 1. The lowest BCUT2D eigenvalue weighted by atomic mass is 9.87. The number of hydrogen-bond donors (Lipinski definition) is 0. The maximum Gasteiger partial charge on any atom is 0.119 e. The molecule has 0 fully saturated rings. The normalized spacial score (nSPS) is 14.1. The molecular formula is C25H22O. The number of methoxy groups -OCH3 is 1. The summed E-state index contributed by atoms with van der Waals surface area (Å²) in [6.45, 7) is 0. The Morgan fingerprint density at radius 3 is 2.35 bits per heavy atom. The number of ether oxygens (including phenoxy) is 1. The van der Waals surface area contributed by atoms with Crippen LogP contribution in [0.5, 0.6) is 5.75 Å². The van der Waals surface area contributed by atoms with Gasteiger partial charge in [-0.3, -0.25) is 0 Å². The van der Waals surface area contributed by atoms with Gasteiger partial charge in [0.15, 0.2) is 0 Å². The van der Waals surface area contributed by atoms with E-state index in [2.05, 4.69) is 97.1 Å². The zero-order valence-electron chi connectivity index (χ0n) is 14.9. The lowest BCUT2D eigenvalue weighted by Crippen LogP contribution is -1.99. The van der Waals surface area contributed by atoms with Gasteiger partial charge in [-0.1, -0.05) is 85.0 Å². The Hall–Kier alpha value is -3.06. The van der Waals surface area contributed by atoms with Gasteiger partial charge in [0, 0.05) is 5.92 Å². The molecule has 26 heavy (non-hydrogen) atoms. The van der Waals surface area contributed by atoms with Crippen LogP contribution in [0.4, 0.5) is 0 Å². The minimum absolute atomic E-state index is 0.242. The topological polar surface area (TPSA) is 9.23 Å². The summed E-state index contributed by atoms with van der Waals surface area (Å²) < 4.78 is 5.39. The quantitative estimate of drug-likeness (QED) is 0.543. The number of allylic oxidation sites excluding steroid dienone is 3. The number of rotatable bonds is 5. The Morgan fingerprint density at radius 2 is 1.62 bits per heavy atom. The van der Waals surface area contributed by atoms with Gasteiger partial charge in [-0.25, -0.2) is 0 Å². The van der Waals surface area contributed by atoms with E-state index >= 15 is 0 Å². The average Bonchev–Trinajstić information content (AvgIpc) is 3.13. The van der Waals surface area contributed by atoms with Crippen molar-refractivity contribution in [1.29, 1.82) is 0 Å². The third-order valence-corrected chi connectivity index (χ3v) is 4.94. The van der Waals surface area contributed by atoms with E-state index in [4.69, 9.17) is 4.74 Å². The summed E-state index contributed by atoms with van der Waals surface area (Å²) in [5.41, 5.74) is 6.59. The van der Waals surface area contributed by atoms with E-state index in [0.29, 0.717) is 0 Å². The van der Waals surface area contributed by atoms with Gasteiger partial charge >= 0.3 is 0 Å². The molecule has 1 heteroatoms. The van der Waals surface area contributed by atoms with Gasteiger partial charge in [0.1, 0.15) is 5.75 Å². The van der Waals surface area contributed by atoms with Crippen molar-refractivity contribution in [2.45, 2.75) is 12.3 Å². The van der Waals surface area contributed by atoms with Crippen molar-refractivity contribution in [2.75, 3.05) is 7.11 Å². The molecule has 128 valence electrons. The first-order valence-electron chi connectivity index (χ1n) is 9.00. The molecule has 0 spiro atoms. The van der Waals surface area contributed by atoms with E-state index in [-0.39, 0.29) is 5.92 Å². The van der Waals surface area contributed by atoms with Gasteiger partial charge < -0.3 is 4.74 Å². The first-order valence-corrected chi connectivity index (χ1v) is 9.00. The number of hydrogen-bond acceptors (Lipinski definition) is 1. The molecule has 3 aromatic rings. The Labute approximate surface area is 155 Å². The molecule has 0 saturated heterocycles. The van der Waals surface area contributed by atoms with E-state index in [9.17, 15) is 0 Å². The van der Waals surface area contributed by atoms with Crippen molar-refractivity contribution in [1.82, 2.24) is 0 Å². The molecule has 1 aliphatic rings. The predicted octanol–water partition coefficient (Wildman–Crippen LogP) is 6.13. The molecule has 0 amide bonds. The predicted molar refractivity (Wildman–Crippen MR) is 109 cm³/mol. The van der Waals surface area contributed by atoms with Crippen molar-refractivity contribution in [3.63, 3.8) is 0 Å². The second-order valence-corrected chi connectivity index (χ2v) is 6.54. The van der Waals surface area contributed by atoms with Gasteiger partial charge in [-0.05, 0) is 46.4 Å². The molecule has 0 heterocycles. The highest BCUT2D eigenvalue weighted by atomic mass is 16.5. The summed E-state index contributed by atoms with van der Waals surface area (Å²) in [6.07, 6.45) is 7.86. The molecule has 0 N–H and O–H groups in total. The maximum atomic E-state index is 5.39. The maximum absolute atomic E-state index is 5.39. The molecule has 1 unspecified atom stereocenters. The number of benzene rings is 3. The fourth-order valence-corrected chi connectivity index (χ4v) is 3.60. The molecule has 1 atom stereocenters. The van der Waals surface area contributed by atoms with Gasteiger partial charge in [0.2, 0.25) is 0 Å². The zero-order valence-corrected chi connectivity index (χ0v) is 14.9. The first kappa shape index (κ1) is 16.4. The lowest BCUT2D eigenvalue weighted by Gasteiger charge is -2.17. The van der Waals surface area contributed by atoms with E-state index in [1.54, 1.807) is 7.11 Å². The molecule has 3 aromatic carbocycles. The van der Waals surface area contributed by atoms with E-state index in [1.807, 2.05) is 0 Å². The smallest absolute Gasteiger partial charge is 0.119 e. The van der Waals surface area contributed by atoms with Crippen LogP contribution in [0.1, 0.15) is 28.2 Å². The molecule has 1 aliphatic carbocycles. The second kappa shape index (κ2) is 7.45. The summed E-state index contributed by atoms with van der Waals surface area (Å²) in [6, 6.07) is 27.6. The van der Waals surface area contributed by atoms with Crippen LogP contribution >= 0.6 is 0 Å². The minimum Gasteiger partial charge on any atom is -0.497 e. The summed E-state index contributed by atoms with van der Waals surface area (Å²) in [4.78, 5) is 0. The van der Waals surface area contributed by atoms with Crippen LogP contribution in [0, 0.1) is 0 Å². The molecule has 0 bridgehead atoms. The average molecular weight is 338 g/mol. The molecular weight excluding hydrogens is 316 g/mol. The fraction of sp³-hybridized carbons (Fsp3) is 0.120. The van der Waals surface area contributed by atoms with Crippen molar-refractivity contribution in [3.8, 4) is 5.75 Å². The van der Waals surface area contributed by atoms with Crippen LogP contribution in [-0.4, -0.2) is 7.11 Å². The summed E-state index contributed by atoms with van der Waals surface area (Å²) in [5.74, 6) is 1.17. The molecule has 0 aliphatic heterocycles. The van der Waals surface area contributed by atoms with Crippen LogP contribution in [-0.2, 0) is 6.42 Å². The van der Waals surface area contributed by atoms with Gasteiger partial charge in [-0.2, -0.15) is 0 Å². The highest BCUT2D eigenvalue weighted by Gasteiger charge is 2.22. The minimum atomic E-state index is 0.242. The molecule has 0 radical (unpaired) electrons. The second-order valence-electron chi connectivity index (χ2n) is 6.54. The highest BCUT2D eigenvalue weighted by Crippen LogP contribution is 2.40. The summed E-state index contributed by atoms with van der Waals surface area (Å²) >= 11 is 0. The third kappa shape index (κ3) is 3.34. The largest absolute Gasteiger partial charge is 0.497 e. The molecule has 0 saturated carbocycles. The van der Waals surface area contributed by atoms with Crippen molar-refractivity contribution in [3.05, 3.63) is 113 Å². The van der Waals surface area contributed by atoms with Crippen LogP contribution in [0.25, 0.3) is 11.6 Å². The summed E-state index contributed by atoms with van der Waals surface area (Å²) in [7, 11) is 1.72. The van der Waals surface area contributed by atoms with E-state index in [1.165, 1.54) is 27.8 Å². The van der Waals surface area contributed by atoms with Crippen LogP contribution in [0.15, 0.2) is 91.0 Å². The highest BCUT2D eigenvalue weighted by molar-refractivity contribution is 5.80. The summed E-state index contributed by atoms with van der Waals surface area (Å²) in [5, 5.41) is 0. The fourth-order valence-electron chi connectivity index (χ4n) is 3.60. The van der Waals surface area contributed by atoms with Crippen LogP contribution in [0.2, 0.25) is 0 Å². The zero-order chi connectivity index (χ0) is 17.8. The Bertz CT molecular complexity index is 936. The Balaban J connectivity index is 1.72. The van der Waals surface area contributed by atoms with Crippen molar-refractivity contribution >= 4 is 11.6 Å². The Kier molecular flexibility index (Phi) is 4.70. The van der Waals surface area contributed by atoms with Gasteiger partial charge in [0.25, 0.3) is 0 Å². The monoisotopic (exact) mass is 338 g/mol. The SMILES string of the molecule is COc1ccc2c(c1)CC=C2C(/C=C/c1ccccc1)c1ccccc1. The van der Waals surface area contributed by atoms with E-state index in [0.717, 1.165) is 12.2 Å². The van der Waals surface area contributed by atoms with E-state index < -0.39 is 0 Å². The van der Waals surface area contributed by atoms with Crippen molar-refractivity contribution < 1.29 is 4.74 Å². The molecule has 0 aromatic heterocycles. The molecule has 4 rings (SSSR count). The Morgan fingerprint density at radius 1 is 0.885 bits per heavy atom. The third-order valence-electron chi connectivity index (χ3n) is 4.94. The van der Waals surface area contributed by atoms with Gasteiger partial charge in [-0.15, -0.1) is 0 Å². The molecule has 1 nitrogen and oxygen atoms in total. The van der Waals surface area contributed by atoms with Gasteiger partial charge in [0.05, 0.1) is 7.11 Å². The van der Waals surface area contributed by atoms with Crippen LogP contribution < -0.4 is 4.74 Å². The first-order chi connectivity index (χ1) is 12.8. The van der Waals surface area contributed by atoms with Crippen LogP contribution in [0.3, 0.4) is 0 Å².